The van der Waals surface area contributed by atoms with Crippen molar-refractivity contribution in [3.63, 3.8) is 0 Å². The molecule has 0 aromatic heterocycles. The second kappa shape index (κ2) is 7.47. The summed E-state index contributed by atoms with van der Waals surface area (Å²) in [5, 5.41) is 0. The maximum atomic E-state index is 13.9. The zero-order valence-electron chi connectivity index (χ0n) is 16.1. The van der Waals surface area contributed by atoms with Crippen molar-refractivity contribution in [1.29, 1.82) is 0 Å². The van der Waals surface area contributed by atoms with Crippen LogP contribution in [0.5, 0.6) is 0 Å². The molecule has 142 valence electrons. The first-order valence-electron chi connectivity index (χ1n) is 9.80. The van der Waals surface area contributed by atoms with Crippen LogP contribution in [-0.2, 0) is 21.4 Å². The van der Waals surface area contributed by atoms with E-state index < -0.39 is 5.41 Å². The van der Waals surface area contributed by atoms with E-state index in [1.807, 2.05) is 0 Å². The quantitative estimate of drug-likeness (QED) is 0.731. The number of aryl methyl sites for hydroxylation is 1. The summed E-state index contributed by atoms with van der Waals surface area (Å²) in [7, 11) is 0. The van der Waals surface area contributed by atoms with Gasteiger partial charge in [0.25, 0.3) is 0 Å². The van der Waals surface area contributed by atoms with Crippen molar-refractivity contribution < 1.29 is 14.0 Å². The van der Waals surface area contributed by atoms with Crippen molar-refractivity contribution in [2.45, 2.75) is 64.3 Å². The molecular weight excluding hydrogens is 331 g/mol. The Morgan fingerprint density at radius 2 is 2.00 bits per heavy atom. The van der Waals surface area contributed by atoms with Gasteiger partial charge in [-0.05, 0) is 69.0 Å². The highest BCUT2D eigenvalue weighted by Crippen LogP contribution is 2.45. The monoisotopic (exact) mass is 360 g/mol. The number of likely N-dealkylation sites (tertiary alicyclic amines) is 1. The normalized spacial score (nSPS) is 23.8. The minimum atomic E-state index is -0.842. The predicted octanol–water partition coefficient (Wildman–Crippen LogP) is 3.28. The average Bonchev–Trinajstić information content (AvgIpc) is 2.86. The van der Waals surface area contributed by atoms with Crippen LogP contribution in [0.4, 0.5) is 4.39 Å². The first-order valence-corrected chi connectivity index (χ1v) is 9.80. The van der Waals surface area contributed by atoms with E-state index in [4.69, 9.17) is 0 Å². The molecule has 0 saturated carbocycles. The van der Waals surface area contributed by atoms with Crippen molar-refractivity contribution in [3.8, 4) is 0 Å². The number of imide groups is 1. The zero-order valence-corrected chi connectivity index (χ0v) is 16.1. The molecule has 1 aliphatic heterocycles. The summed E-state index contributed by atoms with van der Waals surface area (Å²) in [5.41, 5.74) is 0.907. The van der Waals surface area contributed by atoms with Crippen LogP contribution >= 0.6 is 0 Å². The zero-order chi connectivity index (χ0) is 18.9. The second-order valence-corrected chi connectivity index (χ2v) is 7.62. The fourth-order valence-corrected chi connectivity index (χ4v) is 4.71. The highest BCUT2D eigenvalue weighted by atomic mass is 19.1. The van der Waals surface area contributed by atoms with E-state index in [0.717, 1.165) is 43.5 Å². The summed E-state index contributed by atoms with van der Waals surface area (Å²) in [4.78, 5) is 29.7. The van der Waals surface area contributed by atoms with E-state index in [-0.39, 0.29) is 24.1 Å². The van der Waals surface area contributed by atoms with E-state index >= 15 is 0 Å². The topological polar surface area (TPSA) is 40.6 Å². The average molecular weight is 360 g/mol. The molecule has 26 heavy (non-hydrogen) atoms. The summed E-state index contributed by atoms with van der Waals surface area (Å²) in [6.45, 7) is 8.73. The van der Waals surface area contributed by atoms with Gasteiger partial charge in [0.15, 0.2) is 0 Å². The van der Waals surface area contributed by atoms with Gasteiger partial charge in [0, 0.05) is 19.0 Å². The molecule has 2 amide bonds. The van der Waals surface area contributed by atoms with Crippen molar-refractivity contribution in [2.75, 3.05) is 19.6 Å². The molecule has 0 N–H and O–H groups in total. The minimum absolute atomic E-state index is 0.112. The molecule has 1 spiro atoms. The van der Waals surface area contributed by atoms with Gasteiger partial charge >= 0.3 is 0 Å². The fraction of sp³-hybridized carbons (Fsp3) is 0.619. The number of amides is 2. The van der Waals surface area contributed by atoms with E-state index in [1.54, 1.807) is 6.07 Å². The third kappa shape index (κ3) is 3.18. The fourth-order valence-electron chi connectivity index (χ4n) is 4.71. The van der Waals surface area contributed by atoms with Gasteiger partial charge in [-0.1, -0.05) is 19.9 Å². The number of halogens is 1. The van der Waals surface area contributed by atoms with Crippen molar-refractivity contribution in [3.05, 3.63) is 35.1 Å². The van der Waals surface area contributed by atoms with E-state index in [2.05, 4.69) is 25.7 Å². The molecule has 1 aromatic carbocycles. The van der Waals surface area contributed by atoms with Crippen LogP contribution in [0.15, 0.2) is 18.2 Å². The molecule has 1 aromatic rings. The molecule has 1 saturated heterocycles. The van der Waals surface area contributed by atoms with Crippen LogP contribution < -0.4 is 0 Å². The lowest BCUT2D eigenvalue weighted by molar-refractivity contribution is -0.140. The van der Waals surface area contributed by atoms with Gasteiger partial charge in [-0.3, -0.25) is 14.5 Å². The van der Waals surface area contributed by atoms with Gasteiger partial charge in [-0.15, -0.1) is 0 Å². The number of rotatable bonds is 6. The predicted molar refractivity (Wildman–Crippen MR) is 99.4 cm³/mol. The molecule has 5 heteroatoms. The SMILES string of the molecule is CCN(CC)C(C)CCN1C(=O)CC2(CCCc3ccc(F)cc32)C1=O. The summed E-state index contributed by atoms with van der Waals surface area (Å²) >= 11 is 0. The molecule has 3 rings (SSSR count). The van der Waals surface area contributed by atoms with Crippen LogP contribution in [0.1, 0.15) is 57.6 Å². The van der Waals surface area contributed by atoms with Gasteiger partial charge in [0.05, 0.1) is 5.41 Å². The third-order valence-corrected chi connectivity index (χ3v) is 6.25. The highest BCUT2D eigenvalue weighted by Gasteiger charge is 2.54. The Balaban J connectivity index is 1.81. The maximum absolute atomic E-state index is 13.9. The number of hydrogen-bond donors (Lipinski definition) is 0. The highest BCUT2D eigenvalue weighted by molar-refractivity contribution is 6.09. The Labute approximate surface area is 155 Å². The lowest BCUT2D eigenvalue weighted by Gasteiger charge is -2.34. The summed E-state index contributed by atoms with van der Waals surface area (Å²) in [6.07, 6.45) is 3.29. The van der Waals surface area contributed by atoms with Crippen molar-refractivity contribution in [2.24, 2.45) is 0 Å². The van der Waals surface area contributed by atoms with Gasteiger partial charge < -0.3 is 4.90 Å². The van der Waals surface area contributed by atoms with Crippen LogP contribution in [-0.4, -0.2) is 47.3 Å². The number of benzene rings is 1. The van der Waals surface area contributed by atoms with Gasteiger partial charge in [-0.25, -0.2) is 4.39 Å². The van der Waals surface area contributed by atoms with E-state index in [1.165, 1.54) is 17.0 Å². The molecule has 1 fully saturated rings. The summed E-state index contributed by atoms with van der Waals surface area (Å²) in [5.74, 6) is -0.571. The van der Waals surface area contributed by atoms with E-state index in [9.17, 15) is 14.0 Å². The Morgan fingerprint density at radius 3 is 2.69 bits per heavy atom. The molecule has 0 radical (unpaired) electrons. The molecule has 4 nitrogen and oxygen atoms in total. The second-order valence-electron chi connectivity index (χ2n) is 7.62. The lowest BCUT2D eigenvalue weighted by atomic mass is 9.69. The first kappa shape index (κ1) is 19.0. The number of carbonyl (C=O) groups excluding carboxylic acids is 2. The number of fused-ring (bicyclic) bond motifs is 2. The molecule has 1 heterocycles. The summed E-state index contributed by atoms with van der Waals surface area (Å²) < 4.78 is 13.9. The first-order chi connectivity index (χ1) is 12.4. The van der Waals surface area contributed by atoms with Crippen molar-refractivity contribution >= 4 is 11.8 Å². The Kier molecular flexibility index (Phi) is 5.47. The smallest absolute Gasteiger partial charge is 0.240 e. The molecule has 1 aliphatic carbocycles. The molecule has 2 atom stereocenters. The number of nitrogens with zero attached hydrogens (tertiary/aromatic N) is 2. The Morgan fingerprint density at radius 1 is 1.27 bits per heavy atom. The van der Waals surface area contributed by atoms with Gasteiger partial charge in [0.2, 0.25) is 11.8 Å². The third-order valence-electron chi connectivity index (χ3n) is 6.25. The van der Waals surface area contributed by atoms with Crippen LogP contribution in [0.3, 0.4) is 0 Å². The largest absolute Gasteiger partial charge is 0.301 e. The van der Waals surface area contributed by atoms with E-state index in [0.29, 0.717) is 19.0 Å². The minimum Gasteiger partial charge on any atom is -0.301 e. The Hall–Kier alpha value is -1.75. The van der Waals surface area contributed by atoms with Gasteiger partial charge in [0.1, 0.15) is 5.82 Å². The van der Waals surface area contributed by atoms with Gasteiger partial charge in [-0.2, -0.15) is 0 Å². The molecule has 2 aliphatic rings. The summed E-state index contributed by atoms with van der Waals surface area (Å²) in [6, 6.07) is 5.01. The van der Waals surface area contributed by atoms with Crippen molar-refractivity contribution in [1.82, 2.24) is 9.80 Å². The Bertz CT molecular complexity index is 701. The maximum Gasteiger partial charge on any atom is 0.240 e. The lowest BCUT2D eigenvalue weighted by Crippen LogP contribution is -2.42. The van der Waals surface area contributed by atoms with Crippen LogP contribution in [0.25, 0.3) is 0 Å². The van der Waals surface area contributed by atoms with Crippen LogP contribution in [0, 0.1) is 5.82 Å². The number of hydrogen-bond acceptors (Lipinski definition) is 3. The standard InChI is InChI=1S/C21H29FN2O2/c1-4-23(5-2)15(3)10-12-24-19(25)14-21(20(24)26)11-6-7-16-8-9-17(22)13-18(16)21/h8-9,13,15H,4-7,10-12,14H2,1-3H3. The molecule has 0 bridgehead atoms. The molecular formula is C21H29FN2O2. The number of carbonyl (C=O) groups is 2. The molecule has 2 unspecified atom stereocenters. The van der Waals surface area contributed by atoms with Crippen LogP contribution in [0.2, 0.25) is 0 Å².